The summed E-state index contributed by atoms with van der Waals surface area (Å²) >= 11 is 0. The van der Waals surface area contributed by atoms with Gasteiger partial charge in [0.15, 0.2) is 17.5 Å². The lowest BCUT2D eigenvalue weighted by Crippen LogP contribution is -2.32. The maximum atomic E-state index is 7.09. The molecule has 9 aromatic carbocycles. The average Bonchev–Trinajstić information content (AvgIpc) is 3.56. The quantitative estimate of drug-likeness (QED) is 0.171. The Morgan fingerprint density at radius 3 is 1.46 bits per heavy atom. The number of rotatable bonds is 3. The lowest BCUT2D eigenvalue weighted by Gasteiger charge is -2.40. The molecule has 2 heterocycles. The molecule has 0 radical (unpaired) electrons. The van der Waals surface area contributed by atoms with Crippen LogP contribution in [-0.2, 0) is 5.41 Å². The first-order valence-corrected chi connectivity index (χ1v) is 19.0. The van der Waals surface area contributed by atoms with Gasteiger partial charge in [0.05, 0.1) is 11.0 Å². The topological polar surface area (TPSA) is 47.9 Å². The molecule has 1 aliphatic heterocycles. The first-order chi connectivity index (χ1) is 27.8. The molecule has 0 saturated carbocycles. The Kier molecular flexibility index (Phi) is 6.52. The summed E-state index contributed by atoms with van der Waals surface area (Å²) in [5.41, 5.74) is 9.11. The van der Waals surface area contributed by atoms with Crippen molar-refractivity contribution < 1.29 is 4.74 Å². The summed E-state index contributed by atoms with van der Waals surface area (Å²) < 4.78 is 7.09. The Bertz CT molecular complexity index is 3170. The van der Waals surface area contributed by atoms with E-state index in [0.29, 0.717) is 17.5 Å². The third kappa shape index (κ3) is 4.27. The van der Waals surface area contributed by atoms with Gasteiger partial charge in [-0.3, -0.25) is 0 Å². The highest BCUT2D eigenvalue weighted by Crippen LogP contribution is 2.64. The highest BCUT2D eigenvalue weighted by molar-refractivity contribution is 6.26. The van der Waals surface area contributed by atoms with E-state index in [2.05, 4.69) is 127 Å². The van der Waals surface area contributed by atoms with E-state index in [9.17, 15) is 0 Å². The second kappa shape index (κ2) is 11.8. The maximum Gasteiger partial charge on any atom is 0.167 e. The largest absolute Gasteiger partial charge is 0.456 e. The number of hydrogen-bond donors (Lipinski definition) is 0. The molecule has 4 nitrogen and oxygen atoms in total. The molecule has 10 aromatic rings. The van der Waals surface area contributed by atoms with Crippen molar-refractivity contribution >= 4 is 32.3 Å². The van der Waals surface area contributed by atoms with Crippen molar-refractivity contribution in [2.45, 2.75) is 5.41 Å². The summed E-state index contributed by atoms with van der Waals surface area (Å²) in [6.07, 6.45) is 0. The van der Waals surface area contributed by atoms with Gasteiger partial charge in [-0.1, -0.05) is 164 Å². The van der Waals surface area contributed by atoms with Crippen LogP contribution in [0.1, 0.15) is 22.3 Å². The van der Waals surface area contributed by atoms with Crippen LogP contribution < -0.4 is 4.74 Å². The molecule has 1 aromatic heterocycles. The van der Waals surface area contributed by atoms with Crippen LogP contribution in [-0.4, -0.2) is 15.0 Å². The molecular formula is C52H31N3O. The molecule has 0 amide bonds. The summed E-state index contributed by atoms with van der Waals surface area (Å²) in [5.74, 6) is 3.35. The van der Waals surface area contributed by atoms with E-state index in [4.69, 9.17) is 19.7 Å². The van der Waals surface area contributed by atoms with Gasteiger partial charge in [0.1, 0.15) is 11.5 Å². The maximum absolute atomic E-state index is 7.09. The van der Waals surface area contributed by atoms with Crippen LogP contribution in [0.2, 0.25) is 0 Å². The molecular weight excluding hydrogens is 683 g/mol. The average molecular weight is 714 g/mol. The van der Waals surface area contributed by atoms with Crippen LogP contribution in [0.5, 0.6) is 11.5 Å². The van der Waals surface area contributed by atoms with E-state index in [0.717, 1.165) is 39.3 Å². The van der Waals surface area contributed by atoms with Gasteiger partial charge >= 0.3 is 0 Å². The summed E-state index contributed by atoms with van der Waals surface area (Å²) in [6, 6.07) is 66.7. The SMILES string of the molecule is c1ccc(-c2nc(-c3ccccc3)nc(-c3cccc4c3Oc3ccccc3C43c4ccccc4-c4cc5c6ccccc6c6ccccc6c5cc43)n2)cc1. The van der Waals surface area contributed by atoms with E-state index >= 15 is 0 Å². The van der Waals surface area contributed by atoms with Gasteiger partial charge in [-0.05, 0) is 78.8 Å². The number of fused-ring (bicyclic) bond motifs is 15. The van der Waals surface area contributed by atoms with E-state index < -0.39 is 5.41 Å². The van der Waals surface area contributed by atoms with Crippen LogP contribution in [0.4, 0.5) is 0 Å². The first-order valence-electron chi connectivity index (χ1n) is 19.0. The Morgan fingerprint density at radius 2 is 0.804 bits per heavy atom. The Balaban J connectivity index is 1.19. The monoisotopic (exact) mass is 713 g/mol. The lowest BCUT2D eigenvalue weighted by atomic mass is 9.65. The lowest BCUT2D eigenvalue weighted by molar-refractivity contribution is 0.438. The van der Waals surface area contributed by atoms with Crippen molar-refractivity contribution in [3.8, 4) is 56.8 Å². The van der Waals surface area contributed by atoms with Crippen LogP contribution in [0, 0.1) is 0 Å². The van der Waals surface area contributed by atoms with Crippen LogP contribution in [0.25, 0.3) is 77.6 Å². The normalized spacial score (nSPS) is 15.0. The standard InChI is InChI=1S/C52H31N3O/c1-3-16-32(17-4-1)49-53-50(33-18-5-2-6-19-33)55-51(54-49)39-25-15-28-45-48(39)56-47-29-14-13-27-44(47)52(45)43-26-12-11-24-38(43)42-30-40-36-22-9-7-20-34(36)35-21-8-10-23-37(35)41(40)31-46(42)52/h1-31H. The zero-order chi connectivity index (χ0) is 36.8. The smallest absolute Gasteiger partial charge is 0.167 e. The van der Waals surface area contributed by atoms with Crippen molar-refractivity contribution in [1.82, 2.24) is 15.0 Å². The molecule has 4 heteroatoms. The second-order valence-electron chi connectivity index (χ2n) is 14.6. The summed E-state index contributed by atoms with van der Waals surface area (Å²) in [5, 5.41) is 7.53. The third-order valence-electron chi connectivity index (χ3n) is 11.8. The van der Waals surface area contributed by atoms with Gasteiger partial charge in [0.25, 0.3) is 0 Å². The van der Waals surface area contributed by atoms with Crippen molar-refractivity contribution in [3.05, 3.63) is 210 Å². The molecule has 1 atom stereocenters. The molecule has 1 spiro atoms. The number of nitrogens with zero attached hydrogens (tertiary/aromatic N) is 3. The Morgan fingerprint density at radius 1 is 0.321 bits per heavy atom. The first kappa shape index (κ1) is 31.0. The molecule has 0 saturated heterocycles. The molecule has 260 valence electrons. The highest BCUT2D eigenvalue weighted by Gasteiger charge is 2.51. The molecule has 56 heavy (non-hydrogen) atoms. The number of ether oxygens (including phenoxy) is 1. The molecule has 12 rings (SSSR count). The zero-order valence-corrected chi connectivity index (χ0v) is 30.1. The Hall–Kier alpha value is -7.43. The minimum Gasteiger partial charge on any atom is -0.456 e. The minimum absolute atomic E-state index is 0.562. The molecule has 2 aliphatic rings. The van der Waals surface area contributed by atoms with Gasteiger partial charge in [-0.25, -0.2) is 15.0 Å². The zero-order valence-electron chi connectivity index (χ0n) is 30.1. The van der Waals surface area contributed by atoms with E-state index in [1.54, 1.807) is 0 Å². The van der Waals surface area contributed by atoms with Crippen molar-refractivity contribution in [3.63, 3.8) is 0 Å². The molecule has 0 N–H and O–H groups in total. The predicted molar refractivity (Wildman–Crippen MR) is 226 cm³/mol. The van der Waals surface area contributed by atoms with Crippen LogP contribution >= 0.6 is 0 Å². The van der Waals surface area contributed by atoms with Crippen molar-refractivity contribution in [2.24, 2.45) is 0 Å². The van der Waals surface area contributed by atoms with Gasteiger partial charge in [-0.2, -0.15) is 0 Å². The fraction of sp³-hybridized carbons (Fsp3) is 0.0192. The molecule has 0 bridgehead atoms. The molecule has 0 fully saturated rings. The number of para-hydroxylation sites is 2. The van der Waals surface area contributed by atoms with E-state index in [1.165, 1.54) is 54.6 Å². The van der Waals surface area contributed by atoms with Gasteiger partial charge < -0.3 is 4.74 Å². The van der Waals surface area contributed by atoms with Crippen LogP contribution in [0.15, 0.2) is 188 Å². The second-order valence-corrected chi connectivity index (χ2v) is 14.6. The highest BCUT2D eigenvalue weighted by atomic mass is 16.5. The van der Waals surface area contributed by atoms with Crippen molar-refractivity contribution in [1.29, 1.82) is 0 Å². The van der Waals surface area contributed by atoms with Gasteiger partial charge in [-0.15, -0.1) is 0 Å². The fourth-order valence-corrected chi connectivity index (χ4v) is 9.42. The fourth-order valence-electron chi connectivity index (χ4n) is 9.42. The van der Waals surface area contributed by atoms with E-state index in [-0.39, 0.29) is 0 Å². The summed E-state index contributed by atoms with van der Waals surface area (Å²) in [4.78, 5) is 15.3. The summed E-state index contributed by atoms with van der Waals surface area (Å²) in [6.45, 7) is 0. The van der Waals surface area contributed by atoms with Crippen LogP contribution in [0.3, 0.4) is 0 Å². The number of benzene rings is 9. The van der Waals surface area contributed by atoms with E-state index in [1.807, 2.05) is 60.7 Å². The third-order valence-corrected chi connectivity index (χ3v) is 11.8. The predicted octanol–water partition coefficient (Wildman–Crippen LogP) is 12.8. The van der Waals surface area contributed by atoms with Gasteiger partial charge in [0.2, 0.25) is 0 Å². The van der Waals surface area contributed by atoms with Crippen molar-refractivity contribution in [2.75, 3.05) is 0 Å². The van der Waals surface area contributed by atoms with Gasteiger partial charge in [0, 0.05) is 22.3 Å². The number of hydrogen-bond acceptors (Lipinski definition) is 4. The minimum atomic E-state index is -0.676. The number of aromatic nitrogens is 3. The Labute approximate surface area is 323 Å². The molecule has 1 aliphatic carbocycles. The summed E-state index contributed by atoms with van der Waals surface area (Å²) in [7, 11) is 0. The molecule has 1 unspecified atom stereocenters.